The average molecular weight is 469 g/mol. The van der Waals surface area contributed by atoms with E-state index in [1.807, 2.05) is 40.6 Å². The Kier molecular flexibility index (Phi) is 7.83. The van der Waals surface area contributed by atoms with Gasteiger partial charge in [-0.2, -0.15) is 0 Å². The molecule has 4 rings (SSSR count). The SMILES string of the molecule is CC(C)CN1C(=O)c2ccccc2[C@@H](C(=O)NCCCN2CCN(C)CC2)[C@H]1c1cccs1. The van der Waals surface area contributed by atoms with Crippen LogP contribution < -0.4 is 5.32 Å². The van der Waals surface area contributed by atoms with Crippen LogP contribution in [-0.2, 0) is 4.79 Å². The van der Waals surface area contributed by atoms with Crippen molar-refractivity contribution in [2.45, 2.75) is 32.2 Å². The van der Waals surface area contributed by atoms with Gasteiger partial charge in [0.05, 0.1) is 12.0 Å². The first-order chi connectivity index (χ1) is 16.0. The number of hydrogen-bond donors (Lipinski definition) is 1. The number of amides is 2. The van der Waals surface area contributed by atoms with Gasteiger partial charge in [0, 0.05) is 49.7 Å². The number of nitrogens with one attached hydrogen (secondary N) is 1. The van der Waals surface area contributed by atoms with Crippen LogP contribution in [0.25, 0.3) is 0 Å². The zero-order chi connectivity index (χ0) is 23.4. The molecule has 178 valence electrons. The summed E-state index contributed by atoms with van der Waals surface area (Å²) < 4.78 is 0. The minimum absolute atomic E-state index is 0.0143. The van der Waals surface area contributed by atoms with Crippen LogP contribution in [0.2, 0.25) is 0 Å². The van der Waals surface area contributed by atoms with Gasteiger partial charge in [0.25, 0.3) is 5.91 Å². The number of hydrogen-bond acceptors (Lipinski definition) is 5. The maximum absolute atomic E-state index is 13.6. The highest BCUT2D eigenvalue weighted by Crippen LogP contribution is 2.44. The third-order valence-corrected chi connectivity index (χ3v) is 7.61. The first kappa shape index (κ1) is 23.9. The maximum Gasteiger partial charge on any atom is 0.254 e. The summed E-state index contributed by atoms with van der Waals surface area (Å²) in [5.41, 5.74) is 1.50. The second-order valence-electron chi connectivity index (χ2n) is 9.67. The molecule has 2 aliphatic rings. The molecule has 0 unspecified atom stereocenters. The van der Waals surface area contributed by atoms with E-state index >= 15 is 0 Å². The first-order valence-electron chi connectivity index (χ1n) is 12.1. The highest BCUT2D eigenvalue weighted by atomic mass is 32.1. The van der Waals surface area contributed by atoms with Gasteiger partial charge in [-0.15, -0.1) is 11.3 Å². The van der Waals surface area contributed by atoms with Crippen molar-refractivity contribution in [3.05, 3.63) is 57.8 Å². The summed E-state index contributed by atoms with van der Waals surface area (Å²) in [7, 11) is 2.16. The Labute approximate surface area is 201 Å². The standard InChI is InChI=1S/C26H36N4O2S/c1-19(2)18-30-24(22-10-6-17-33-22)23(20-8-4-5-9-21(20)26(30)32)25(31)27-11-7-12-29-15-13-28(3)14-16-29/h4-6,8-10,17,19,23-24H,7,11-16,18H2,1-3H3,(H,27,31)/t23-,24-/m1/s1. The monoisotopic (exact) mass is 468 g/mol. The summed E-state index contributed by atoms with van der Waals surface area (Å²) in [6, 6.07) is 11.4. The number of benzene rings is 1. The van der Waals surface area contributed by atoms with Crippen LogP contribution in [-0.4, -0.2) is 79.4 Å². The van der Waals surface area contributed by atoms with E-state index in [-0.39, 0.29) is 17.9 Å². The van der Waals surface area contributed by atoms with E-state index in [1.54, 1.807) is 11.3 Å². The number of carbonyl (C=O) groups is 2. The Bertz CT molecular complexity index is 938. The molecule has 33 heavy (non-hydrogen) atoms. The minimum atomic E-state index is -0.403. The van der Waals surface area contributed by atoms with Crippen molar-refractivity contribution in [3.63, 3.8) is 0 Å². The first-order valence-corrected chi connectivity index (χ1v) is 13.0. The minimum Gasteiger partial charge on any atom is -0.355 e. The summed E-state index contributed by atoms with van der Waals surface area (Å²) in [6.45, 7) is 10.9. The molecule has 7 heteroatoms. The van der Waals surface area contributed by atoms with E-state index in [0.29, 0.717) is 24.6 Å². The molecule has 1 fully saturated rings. The number of piperazine rings is 1. The lowest BCUT2D eigenvalue weighted by Gasteiger charge is -2.42. The molecule has 1 aromatic carbocycles. The van der Waals surface area contributed by atoms with E-state index in [0.717, 1.165) is 49.6 Å². The second-order valence-corrected chi connectivity index (χ2v) is 10.6. The topological polar surface area (TPSA) is 55.9 Å². The number of rotatable bonds is 8. The Hall–Kier alpha value is -2.22. The summed E-state index contributed by atoms with van der Waals surface area (Å²) in [4.78, 5) is 34.9. The van der Waals surface area contributed by atoms with Crippen LogP contribution in [0.15, 0.2) is 41.8 Å². The second kappa shape index (κ2) is 10.8. The number of nitrogens with zero attached hydrogens (tertiary/aromatic N) is 3. The van der Waals surface area contributed by atoms with Crippen molar-refractivity contribution >= 4 is 23.2 Å². The maximum atomic E-state index is 13.6. The van der Waals surface area contributed by atoms with Gasteiger partial charge >= 0.3 is 0 Å². The Morgan fingerprint density at radius 3 is 2.58 bits per heavy atom. The number of fused-ring (bicyclic) bond motifs is 1. The molecule has 1 saturated heterocycles. The molecule has 1 N–H and O–H groups in total. The fourth-order valence-electron chi connectivity index (χ4n) is 4.94. The van der Waals surface area contributed by atoms with Crippen molar-refractivity contribution in [1.82, 2.24) is 20.0 Å². The fourth-order valence-corrected chi connectivity index (χ4v) is 5.82. The normalized spacial score (nSPS) is 21.9. The largest absolute Gasteiger partial charge is 0.355 e. The predicted octanol–water partition coefficient (Wildman–Crippen LogP) is 3.44. The van der Waals surface area contributed by atoms with Crippen LogP contribution in [0.3, 0.4) is 0 Å². The molecule has 0 radical (unpaired) electrons. The van der Waals surface area contributed by atoms with E-state index in [1.165, 1.54) is 0 Å². The summed E-state index contributed by atoms with van der Waals surface area (Å²) in [5, 5.41) is 5.24. The van der Waals surface area contributed by atoms with Crippen LogP contribution in [0.5, 0.6) is 0 Å². The lowest BCUT2D eigenvalue weighted by atomic mass is 9.81. The lowest BCUT2D eigenvalue weighted by molar-refractivity contribution is -0.124. The molecule has 1 aromatic heterocycles. The zero-order valence-electron chi connectivity index (χ0n) is 20.0. The van der Waals surface area contributed by atoms with Gasteiger partial charge in [0.15, 0.2) is 0 Å². The number of likely N-dealkylation sites (N-methyl/N-ethyl adjacent to an activating group) is 1. The Balaban J connectivity index is 1.52. The van der Waals surface area contributed by atoms with E-state index < -0.39 is 5.92 Å². The molecule has 2 aromatic rings. The van der Waals surface area contributed by atoms with E-state index in [2.05, 4.69) is 42.1 Å². The zero-order valence-corrected chi connectivity index (χ0v) is 20.8. The van der Waals surface area contributed by atoms with Crippen LogP contribution >= 0.6 is 11.3 Å². The molecule has 2 atom stereocenters. The third kappa shape index (κ3) is 5.48. The fraction of sp³-hybridized carbons (Fsp3) is 0.538. The molecule has 0 aliphatic carbocycles. The highest BCUT2D eigenvalue weighted by molar-refractivity contribution is 7.10. The van der Waals surface area contributed by atoms with Gasteiger partial charge in [0.1, 0.15) is 0 Å². The highest BCUT2D eigenvalue weighted by Gasteiger charge is 2.44. The quantitative estimate of drug-likeness (QED) is 0.603. The van der Waals surface area contributed by atoms with E-state index in [9.17, 15) is 9.59 Å². The van der Waals surface area contributed by atoms with Gasteiger partial charge in [-0.3, -0.25) is 9.59 Å². The van der Waals surface area contributed by atoms with Gasteiger partial charge in [0.2, 0.25) is 5.91 Å². The van der Waals surface area contributed by atoms with Crippen molar-refractivity contribution in [3.8, 4) is 0 Å². The van der Waals surface area contributed by atoms with Crippen LogP contribution in [0.4, 0.5) is 0 Å². The predicted molar refractivity (Wildman–Crippen MR) is 134 cm³/mol. The summed E-state index contributed by atoms with van der Waals surface area (Å²) in [6.07, 6.45) is 0.933. The number of carbonyl (C=O) groups excluding carboxylic acids is 2. The van der Waals surface area contributed by atoms with Gasteiger partial charge in [-0.25, -0.2) is 0 Å². The molecule has 0 saturated carbocycles. The Morgan fingerprint density at radius 2 is 1.88 bits per heavy atom. The third-order valence-electron chi connectivity index (χ3n) is 6.66. The molecular weight excluding hydrogens is 432 g/mol. The molecule has 0 spiro atoms. The average Bonchev–Trinajstić information content (AvgIpc) is 3.33. The van der Waals surface area contributed by atoms with Crippen molar-refractivity contribution in [2.24, 2.45) is 5.92 Å². The molecule has 2 aliphatic heterocycles. The van der Waals surface area contributed by atoms with E-state index in [4.69, 9.17) is 0 Å². The summed E-state index contributed by atoms with van der Waals surface area (Å²) >= 11 is 1.62. The van der Waals surface area contributed by atoms with Crippen molar-refractivity contribution < 1.29 is 9.59 Å². The summed E-state index contributed by atoms with van der Waals surface area (Å²) in [5.74, 6) is -0.0498. The molecule has 0 bridgehead atoms. The molecule has 3 heterocycles. The van der Waals surface area contributed by atoms with Crippen LogP contribution in [0.1, 0.15) is 53.0 Å². The van der Waals surface area contributed by atoms with Gasteiger partial charge < -0.3 is 20.0 Å². The van der Waals surface area contributed by atoms with Gasteiger partial charge in [-0.05, 0) is 49.0 Å². The lowest BCUT2D eigenvalue weighted by Crippen LogP contribution is -2.48. The van der Waals surface area contributed by atoms with Crippen LogP contribution in [0, 0.1) is 5.92 Å². The van der Waals surface area contributed by atoms with Crippen molar-refractivity contribution in [2.75, 3.05) is 52.9 Å². The van der Waals surface area contributed by atoms with Crippen molar-refractivity contribution in [1.29, 1.82) is 0 Å². The Morgan fingerprint density at radius 1 is 1.12 bits per heavy atom. The molecule has 6 nitrogen and oxygen atoms in total. The number of thiophene rings is 1. The molecular formula is C26H36N4O2S. The van der Waals surface area contributed by atoms with Gasteiger partial charge in [-0.1, -0.05) is 38.1 Å². The molecule has 2 amide bonds. The smallest absolute Gasteiger partial charge is 0.254 e.